The normalized spacial score (nSPS) is 9.88. The molecule has 3 N–H and O–H groups in total. The molecule has 0 spiro atoms. The number of halogens is 1. The number of hydrogen-bond acceptors (Lipinski definition) is 4. The van der Waals surface area contributed by atoms with Crippen LogP contribution in [0.4, 0.5) is 15.8 Å². The predicted octanol–water partition coefficient (Wildman–Crippen LogP) is 1.77. The Morgan fingerprint density at radius 3 is 2.94 bits per heavy atom. The molecular weight excluding hydrogens is 211 g/mol. The Morgan fingerprint density at radius 1 is 1.56 bits per heavy atom. The van der Waals surface area contributed by atoms with Gasteiger partial charge in [0.25, 0.3) is 0 Å². The molecule has 0 aliphatic rings. The molecular formula is C11H15FN2O2. The summed E-state index contributed by atoms with van der Waals surface area (Å²) >= 11 is 0. The fourth-order valence-corrected chi connectivity index (χ4v) is 1.21. The van der Waals surface area contributed by atoms with Crippen LogP contribution in [0.2, 0.25) is 0 Å². The lowest BCUT2D eigenvalue weighted by Crippen LogP contribution is -2.12. The van der Waals surface area contributed by atoms with Gasteiger partial charge in [-0.15, -0.1) is 0 Å². The molecule has 0 bridgehead atoms. The first kappa shape index (κ1) is 12.3. The Bertz CT molecular complexity index is 369. The molecule has 0 atom stereocenters. The molecule has 0 aliphatic carbocycles. The number of ether oxygens (including phenoxy) is 1. The summed E-state index contributed by atoms with van der Waals surface area (Å²) in [4.78, 5) is 11.0. The Labute approximate surface area is 93.6 Å². The van der Waals surface area contributed by atoms with Crippen LogP contribution in [0.3, 0.4) is 0 Å². The Balaban J connectivity index is 2.40. The maximum absolute atomic E-state index is 13.3. The molecule has 0 saturated carbocycles. The number of carbonyl (C=O) groups is 1. The molecule has 0 unspecified atom stereocenters. The molecule has 1 rings (SSSR count). The Kier molecular flexibility index (Phi) is 4.57. The second-order valence-corrected chi connectivity index (χ2v) is 3.22. The average molecular weight is 226 g/mol. The van der Waals surface area contributed by atoms with Crippen molar-refractivity contribution in [3.8, 4) is 0 Å². The minimum absolute atomic E-state index is 0.206. The van der Waals surface area contributed by atoms with E-state index in [1.54, 1.807) is 13.0 Å². The molecule has 1 aromatic rings. The molecule has 88 valence electrons. The molecule has 0 radical (unpaired) electrons. The first-order valence-corrected chi connectivity index (χ1v) is 5.08. The fourth-order valence-electron chi connectivity index (χ4n) is 1.21. The molecule has 0 heterocycles. The van der Waals surface area contributed by atoms with Crippen molar-refractivity contribution in [2.75, 3.05) is 24.2 Å². The number of nitrogens with two attached hydrogens (primary N) is 1. The van der Waals surface area contributed by atoms with Crippen molar-refractivity contribution in [2.24, 2.45) is 0 Å². The third-order valence-corrected chi connectivity index (χ3v) is 1.94. The first-order valence-electron chi connectivity index (χ1n) is 5.08. The summed E-state index contributed by atoms with van der Waals surface area (Å²) in [6.07, 6.45) is 0.206. The van der Waals surface area contributed by atoms with Crippen molar-refractivity contribution in [1.29, 1.82) is 0 Å². The SMILES string of the molecule is CCOC(=O)CCNc1ccc(N)cc1F. The van der Waals surface area contributed by atoms with Crippen LogP contribution in [0.15, 0.2) is 18.2 Å². The highest BCUT2D eigenvalue weighted by atomic mass is 19.1. The Morgan fingerprint density at radius 2 is 2.31 bits per heavy atom. The third-order valence-electron chi connectivity index (χ3n) is 1.94. The molecule has 0 fully saturated rings. The van der Waals surface area contributed by atoms with Crippen LogP contribution in [0.25, 0.3) is 0 Å². The summed E-state index contributed by atoms with van der Waals surface area (Å²) in [6, 6.07) is 4.36. The van der Waals surface area contributed by atoms with Gasteiger partial charge in [-0.25, -0.2) is 4.39 Å². The van der Waals surface area contributed by atoms with E-state index in [1.807, 2.05) is 0 Å². The number of anilines is 2. The van der Waals surface area contributed by atoms with Gasteiger partial charge >= 0.3 is 5.97 Å². The summed E-state index contributed by atoms with van der Waals surface area (Å²) in [6.45, 7) is 2.43. The van der Waals surface area contributed by atoms with Crippen molar-refractivity contribution in [3.63, 3.8) is 0 Å². The van der Waals surface area contributed by atoms with Crippen molar-refractivity contribution in [2.45, 2.75) is 13.3 Å². The summed E-state index contributed by atoms with van der Waals surface area (Å²) in [7, 11) is 0. The number of carbonyl (C=O) groups excluding carboxylic acids is 1. The van der Waals surface area contributed by atoms with Crippen LogP contribution in [0.1, 0.15) is 13.3 Å². The molecule has 16 heavy (non-hydrogen) atoms. The van der Waals surface area contributed by atoms with E-state index >= 15 is 0 Å². The van der Waals surface area contributed by atoms with Gasteiger partial charge in [-0.1, -0.05) is 0 Å². The second kappa shape index (κ2) is 5.95. The van der Waals surface area contributed by atoms with Crippen molar-refractivity contribution >= 4 is 17.3 Å². The van der Waals surface area contributed by atoms with Gasteiger partial charge in [0.05, 0.1) is 18.7 Å². The highest BCUT2D eigenvalue weighted by molar-refractivity contribution is 5.70. The number of nitrogen functional groups attached to an aromatic ring is 1. The van der Waals surface area contributed by atoms with E-state index in [0.29, 0.717) is 24.5 Å². The van der Waals surface area contributed by atoms with E-state index in [1.165, 1.54) is 12.1 Å². The number of hydrogen-bond donors (Lipinski definition) is 2. The third kappa shape index (κ3) is 3.76. The number of rotatable bonds is 5. The Hall–Kier alpha value is -1.78. The van der Waals surface area contributed by atoms with Crippen molar-refractivity contribution in [3.05, 3.63) is 24.0 Å². The highest BCUT2D eigenvalue weighted by Gasteiger charge is 2.04. The standard InChI is InChI=1S/C11H15FN2O2/c1-2-16-11(15)5-6-14-10-4-3-8(13)7-9(10)12/h3-4,7,14H,2,5-6,13H2,1H3. The first-order chi connectivity index (χ1) is 7.63. The lowest BCUT2D eigenvalue weighted by molar-refractivity contribution is -0.142. The lowest BCUT2D eigenvalue weighted by Gasteiger charge is -2.07. The summed E-state index contributed by atoms with van der Waals surface area (Å²) < 4.78 is 18.0. The van der Waals surface area contributed by atoms with Gasteiger partial charge in [0.2, 0.25) is 0 Å². The fraction of sp³-hybridized carbons (Fsp3) is 0.364. The monoisotopic (exact) mass is 226 g/mol. The van der Waals surface area contributed by atoms with Gasteiger partial charge in [-0.05, 0) is 25.1 Å². The van der Waals surface area contributed by atoms with E-state index < -0.39 is 5.82 Å². The summed E-state index contributed by atoms with van der Waals surface area (Å²) in [5.41, 5.74) is 6.10. The minimum atomic E-state index is -0.427. The van der Waals surface area contributed by atoms with Crippen LogP contribution in [0.5, 0.6) is 0 Å². The van der Waals surface area contributed by atoms with Gasteiger partial charge in [-0.2, -0.15) is 0 Å². The minimum Gasteiger partial charge on any atom is -0.466 e. The van der Waals surface area contributed by atoms with Crippen molar-refractivity contribution in [1.82, 2.24) is 0 Å². The lowest BCUT2D eigenvalue weighted by atomic mass is 10.2. The smallest absolute Gasteiger partial charge is 0.307 e. The molecule has 0 amide bonds. The summed E-state index contributed by atoms with van der Waals surface area (Å²) in [5, 5.41) is 2.80. The molecule has 0 aromatic heterocycles. The van der Waals surface area contributed by atoms with Crippen LogP contribution in [-0.4, -0.2) is 19.1 Å². The zero-order valence-electron chi connectivity index (χ0n) is 9.13. The quantitative estimate of drug-likeness (QED) is 0.593. The van der Waals surface area contributed by atoms with E-state index in [0.717, 1.165) is 0 Å². The summed E-state index contributed by atoms with van der Waals surface area (Å²) in [5.74, 6) is -0.727. The van der Waals surface area contributed by atoms with Gasteiger partial charge in [-0.3, -0.25) is 4.79 Å². The number of benzene rings is 1. The molecule has 1 aromatic carbocycles. The second-order valence-electron chi connectivity index (χ2n) is 3.22. The van der Waals surface area contributed by atoms with Gasteiger partial charge in [0.1, 0.15) is 5.82 Å². The zero-order valence-corrected chi connectivity index (χ0v) is 9.13. The maximum atomic E-state index is 13.3. The van der Waals surface area contributed by atoms with Crippen molar-refractivity contribution < 1.29 is 13.9 Å². The largest absolute Gasteiger partial charge is 0.466 e. The van der Waals surface area contributed by atoms with Crippen LogP contribution < -0.4 is 11.1 Å². The topological polar surface area (TPSA) is 64.3 Å². The molecule has 0 aliphatic heterocycles. The van der Waals surface area contributed by atoms with E-state index in [-0.39, 0.29) is 12.4 Å². The molecule has 4 nitrogen and oxygen atoms in total. The number of nitrogens with one attached hydrogen (secondary N) is 1. The average Bonchev–Trinajstić information content (AvgIpc) is 2.22. The van der Waals surface area contributed by atoms with Gasteiger partial charge in [0, 0.05) is 12.2 Å². The van der Waals surface area contributed by atoms with E-state index in [9.17, 15) is 9.18 Å². The van der Waals surface area contributed by atoms with Gasteiger partial charge < -0.3 is 15.8 Å². The van der Waals surface area contributed by atoms with E-state index in [4.69, 9.17) is 10.5 Å². The molecule has 0 saturated heterocycles. The predicted molar refractivity (Wildman–Crippen MR) is 60.6 cm³/mol. The maximum Gasteiger partial charge on any atom is 0.307 e. The zero-order chi connectivity index (χ0) is 12.0. The van der Waals surface area contributed by atoms with Crippen LogP contribution in [-0.2, 0) is 9.53 Å². The van der Waals surface area contributed by atoms with Crippen LogP contribution in [0, 0.1) is 5.82 Å². The van der Waals surface area contributed by atoms with E-state index in [2.05, 4.69) is 5.32 Å². The van der Waals surface area contributed by atoms with Crippen LogP contribution >= 0.6 is 0 Å². The molecule has 5 heteroatoms. The van der Waals surface area contributed by atoms with Gasteiger partial charge in [0.15, 0.2) is 0 Å². The highest BCUT2D eigenvalue weighted by Crippen LogP contribution is 2.16. The number of esters is 1.